The molecule has 0 atom stereocenters. The monoisotopic (exact) mass is 288 g/mol. The first-order valence-corrected chi connectivity index (χ1v) is 7.06. The second-order valence-corrected chi connectivity index (χ2v) is 4.97. The van der Waals surface area contributed by atoms with E-state index in [1.165, 1.54) is 12.1 Å². The zero-order valence-electron chi connectivity index (χ0n) is 11.9. The van der Waals surface area contributed by atoms with E-state index in [2.05, 4.69) is 5.32 Å². The van der Waals surface area contributed by atoms with Crippen molar-refractivity contribution in [3.05, 3.63) is 47.5 Å². The van der Waals surface area contributed by atoms with Gasteiger partial charge in [-0.2, -0.15) is 0 Å². The zero-order chi connectivity index (χ0) is 14.8. The summed E-state index contributed by atoms with van der Waals surface area (Å²) in [6.45, 7) is 4.35. The minimum absolute atomic E-state index is 0.315. The first kappa shape index (κ1) is 13.8. The molecule has 5 heteroatoms. The van der Waals surface area contributed by atoms with Gasteiger partial charge in [-0.3, -0.25) is 0 Å². The van der Waals surface area contributed by atoms with Crippen LogP contribution in [0.3, 0.4) is 0 Å². The van der Waals surface area contributed by atoms with Crippen LogP contribution in [0.15, 0.2) is 30.5 Å². The van der Waals surface area contributed by atoms with Crippen LogP contribution in [0.2, 0.25) is 0 Å². The van der Waals surface area contributed by atoms with Crippen LogP contribution in [0.25, 0.3) is 11.1 Å². The van der Waals surface area contributed by atoms with E-state index < -0.39 is 0 Å². The number of ether oxygens (including phenoxy) is 1. The van der Waals surface area contributed by atoms with Crippen LogP contribution in [0, 0.1) is 5.82 Å². The largest absolute Gasteiger partial charge is 0.462 e. The quantitative estimate of drug-likeness (QED) is 0.883. The van der Waals surface area contributed by atoms with E-state index in [-0.39, 0.29) is 11.8 Å². The molecule has 0 unspecified atom stereocenters. The van der Waals surface area contributed by atoms with Crippen molar-refractivity contribution in [2.45, 2.75) is 20.0 Å². The van der Waals surface area contributed by atoms with Crippen LogP contribution in [-0.2, 0) is 17.8 Å². The van der Waals surface area contributed by atoms with Gasteiger partial charge in [-0.05, 0) is 24.6 Å². The first-order chi connectivity index (χ1) is 10.2. The summed E-state index contributed by atoms with van der Waals surface area (Å²) in [5.41, 5.74) is 2.86. The molecule has 0 spiro atoms. The minimum atomic E-state index is -0.353. The third kappa shape index (κ3) is 2.56. The molecular weight excluding hydrogens is 271 g/mol. The Morgan fingerprint density at radius 3 is 3.10 bits per heavy atom. The molecule has 0 saturated heterocycles. The lowest BCUT2D eigenvalue weighted by molar-refractivity contribution is 0.0525. The van der Waals surface area contributed by atoms with E-state index >= 15 is 0 Å². The Kier molecular flexibility index (Phi) is 3.75. The van der Waals surface area contributed by atoms with Crippen molar-refractivity contribution in [2.24, 2.45) is 0 Å². The number of fused-ring (bicyclic) bond motifs is 1. The lowest BCUT2D eigenvalue weighted by atomic mass is 10.0. The normalized spacial score (nSPS) is 13.8. The van der Waals surface area contributed by atoms with E-state index in [1.807, 2.05) is 10.8 Å². The molecule has 0 fully saturated rings. The molecular formula is C16H17FN2O2. The van der Waals surface area contributed by atoms with E-state index in [9.17, 15) is 9.18 Å². The number of benzene rings is 1. The van der Waals surface area contributed by atoms with E-state index in [4.69, 9.17) is 4.74 Å². The number of carbonyl (C=O) groups is 1. The Bertz CT molecular complexity index is 679. The summed E-state index contributed by atoms with van der Waals surface area (Å²) in [5, 5.41) is 3.25. The third-order valence-electron chi connectivity index (χ3n) is 3.63. The third-order valence-corrected chi connectivity index (χ3v) is 3.63. The van der Waals surface area contributed by atoms with E-state index in [0.717, 1.165) is 24.3 Å². The number of nitrogens with one attached hydrogen (secondary N) is 1. The Morgan fingerprint density at radius 1 is 1.48 bits per heavy atom. The highest BCUT2D eigenvalue weighted by Crippen LogP contribution is 2.30. The van der Waals surface area contributed by atoms with Crippen molar-refractivity contribution in [1.82, 2.24) is 9.88 Å². The molecule has 1 aliphatic rings. The van der Waals surface area contributed by atoms with Crippen molar-refractivity contribution in [2.75, 3.05) is 13.2 Å². The average molecular weight is 288 g/mol. The summed E-state index contributed by atoms with van der Waals surface area (Å²) in [4.78, 5) is 12.3. The molecule has 0 aliphatic carbocycles. The molecule has 1 aromatic heterocycles. The second-order valence-electron chi connectivity index (χ2n) is 4.97. The minimum Gasteiger partial charge on any atom is -0.462 e. The summed E-state index contributed by atoms with van der Waals surface area (Å²) in [5.74, 6) is -0.668. The second kappa shape index (κ2) is 5.69. The molecule has 1 N–H and O–H groups in total. The lowest BCUT2D eigenvalue weighted by Crippen LogP contribution is -2.28. The van der Waals surface area contributed by atoms with Gasteiger partial charge in [0.1, 0.15) is 5.82 Å². The number of rotatable bonds is 3. The number of halogens is 1. The maximum atomic E-state index is 13.5. The summed E-state index contributed by atoms with van der Waals surface area (Å²) < 4.78 is 20.7. The lowest BCUT2D eigenvalue weighted by Gasteiger charge is -2.17. The predicted molar refractivity (Wildman–Crippen MR) is 77.5 cm³/mol. The molecule has 2 aromatic rings. The first-order valence-electron chi connectivity index (χ1n) is 7.06. The molecule has 2 heterocycles. The van der Waals surface area contributed by atoms with Gasteiger partial charge in [0.15, 0.2) is 0 Å². The topological polar surface area (TPSA) is 43.3 Å². The van der Waals surface area contributed by atoms with E-state index in [1.54, 1.807) is 19.1 Å². The van der Waals surface area contributed by atoms with Gasteiger partial charge in [0.25, 0.3) is 0 Å². The van der Waals surface area contributed by atoms with Crippen molar-refractivity contribution in [3.63, 3.8) is 0 Å². The van der Waals surface area contributed by atoms with Gasteiger partial charge in [-0.25, -0.2) is 9.18 Å². The summed E-state index contributed by atoms with van der Waals surface area (Å²) >= 11 is 0. The highest BCUT2D eigenvalue weighted by Gasteiger charge is 2.25. The Labute approximate surface area is 122 Å². The number of hydrogen-bond acceptors (Lipinski definition) is 3. The molecule has 4 nitrogen and oxygen atoms in total. The molecule has 0 radical (unpaired) electrons. The van der Waals surface area contributed by atoms with Gasteiger partial charge in [0, 0.05) is 37.1 Å². The molecule has 0 bridgehead atoms. The maximum Gasteiger partial charge on any atom is 0.340 e. The van der Waals surface area contributed by atoms with Gasteiger partial charge < -0.3 is 14.6 Å². The van der Waals surface area contributed by atoms with Crippen LogP contribution >= 0.6 is 0 Å². The zero-order valence-corrected chi connectivity index (χ0v) is 11.9. The molecule has 1 aliphatic heterocycles. The van der Waals surface area contributed by atoms with Gasteiger partial charge in [-0.15, -0.1) is 0 Å². The molecule has 3 rings (SSSR count). The number of aromatic nitrogens is 1. The number of hydrogen-bond donors (Lipinski definition) is 1. The molecule has 0 amide bonds. The van der Waals surface area contributed by atoms with Crippen LogP contribution in [0.4, 0.5) is 4.39 Å². The van der Waals surface area contributed by atoms with Crippen molar-refractivity contribution < 1.29 is 13.9 Å². The molecule has 0 saturated carbocycles. The summed E-state index contributed by atoms with van der Waals surface area (Å²) in [7, 11) is 0. The fourth-order valence-electron chi connectivity index (χ4n) is 2.70. The highest BCUT2D eigenvalue weighted by molar-refractivity contribution is 5.99. The van der Waals surface area contributed by atoms with Crippen LogP contribution in [0.1, 0.15) is 23.0 Å². The number of esters is 1. The maximum absolute atomic E-state index is 13.5. The Balaban J connectivity index is 2.15. The molecule has 110 valence electrons. The molecule has 1 aromatic carbocycles. The highest BCUT2D eigenvalue weighted by atomic mass is 19.1. The number of nitrogens with zero attached hydrogens (tertiary/aromatic N) is 1. The smallest absolute Gasteiger partial charge is 0.340 e. The van der Waals surface area contributed by atoms with Gasteiger partial charge in [0.05, 0.1) is 12.2 Å². The summed E-state index contributed by atoms with van der Waals surface area (Å²) in [6, 6.07) is 6.29. The van der Waals surface area contributed by atoms with Gasteiger partial charge >= 0.3 is 5.97 Å². The fraction of sp³-hybridized carbons (Fsp3) is 0.312. The van der Waals surface area contributed by atoms with Crippen molar-refractivity contribution in [3.8, 4) is 11.1 Å². The standard InChI is InChI=1S/C16H17FN2O2/c1-2-21-16(20)15-13(11-4-3-5-12(17)8-11)10-19-7-6-18-9-14(15)19/h3-5,8,10,18H,2,6-7,9H2,1H3. The fourth-order valence-corrected chi connectivity index (χ4v) is 2.70. The summed E-state index contributed by atoms with van der Waals surface area (Å²) in [6.07, 6.45) is 1.91. The molecule has 21 heavy (non-hydrogen) atoms. The average Bonchev–Trinajstić information content (AvgIpc) is 2.87. The van der Waals surface area contributed by atoms with Crippen LogP contribution in [0.5, 0.6) is 0 Å². The Morgan fingerprint density at radius 2 is 2.33 bits per heavy atom. The van der Waals surface area contributed by atoms with Crippen molar-refractivity contribution >= 4 is 5.97 Å². The van der Waals surface area contributed by atoms with Crippen LogP contribution in [-0.4, -0.2) is 23.7 Å². The number of carbonyl (C=O) groups excluding carboxylic acids is 1. The van der Waals surface area contributed by atoms with Crippen molar-refractivity contribution in [1.29, 1.82) is 0 Å². The Hall–Kier alpha value is -2.14. The van der Waals surface area contributed by atoms with Crippen LogP contribution < -0.4 is 5.32 Å². The van der Waals surface area contributed by atoms with E-state index in [0.29, 0.717) is 24.3 Å². The van der Waals surface area contributed by atoms with Gasteiger partial charge in [0.2, 0.25) is 0 Å². The predicted octanol–water partition coefficient (Wildman–Crippen LogP) is 2.57. The SMILES string of the molecule is CCOC(=O)c1c(-c2cccc(F)c2)cn2c1CNCC2. The van der Waals surface area contributed by atoms with Gasteiger partial charge in [-0.1, -0.05) is 12.1 Å².